The number of benzene rings is 10. The second-order valence-corrected chi connectivity index (χ2v) is 34.8. The molecule has 14 heteroatoms. The lowest BCUT2D eigenvalue weighted by Crippen LogP contribution is -2.39. The minimum atomic E-state index is -1.72. The van der Waals surface area contributed by atoms with E-state index in [1.165, 1.54) is 21.1 Å². The summed E-state index contributed by atoms with van der Waals surface area (Å²) in [5, 5.41) is 23.7. The molecule has 316 valence electrons. The van der Waals surface area contributed by atoms with Crippen LogP contribution < -0.4 is 10.4 Å². The van der Waals surface area contributed by atoms with E-state index in [4.69, 9.17) is 92.8 Å². The second-order valence-electron chi connectivity index (χ2n) is 18.0. The van der Waals surface area contributed by atoms with Crippen molar-refractivity contribution < 1.29 is 0 Å². The molecule has 0 aliphatic rings. The van der Waals surface area contributed by atoms with Crippen molar-refractivity contribution in [3.8, 4) is 0 Å². The lowest BCUT2D eigenvalue weighted by molar-refractivity contribution is 1.54. The van der Waals surface area contributed by atoms with E-state index < -0.39 is 16.1 Å². The maximum absolute atomic E-state index is 7.15. The van der Waals surface area contributed by atoms with Crippen LogP contribution in [0.25, 0.3) is 86.2 Å². The topological polar surface area (TPSA) is 0 Å². The monoisotopic (exact) mass is 1260 g/mol. The Balaban J connectivity index is 0.000000161. The van der Waals surface area contributed by atoms with Crippen LogP contribution in [0.15, 0.2) is 66.4 Å². The van der Waals surface area contributed by atoms with Gasteiger partial charge in [0.15, 0.2) is 0 Å². The predicted molar refractivity (Wildman–Crippen MR) is 302 cm³/mol. The van der Waals surface area contributed by atoms with Crippen LogP contribution in [-0.4, -0.2) is 16.1 Å². The summed E-state index contributed by atoms with van der Waals surface area (Å²) in [6, 6.07) is 16.1. The Bertz CT molecular complexity index is 3290. The first-order valence-corrected chi connectivity index (χ1v) is 32.6. The predicted octanol–water partition coefficient (Wildman–Crippen LogP) is 21.5. The molecular formula is C48H32Br4Cl8Si2. The van der Waals surface area contributed by atoms with Gasteiger partial charge in [-0.1, -0.05) is 206 Å². The highest BCUT2D eigenvalue weighted by atomic mass is 79.9. The van der Waals surface area contributed by atoms with Gasteiger partial charge < -0.3 is 0 Å². The Morgan fingerprint density at radius 1 is 0.274 bits per heavy atom. The molecule has 0 saturated heterocycles. The van der Waals surface area contributed by atoms with Gasteiger partial charge in [0, 0.05) is 113 Å². The van der Waals surface area contributed by atoms with Crippen LogP contribution in [0, 0.1) is 13.8 Å². The molecule has 10 rings (SSSR count). The third-order valence-electron chi connectivity index (χ3n) is 12.1. The maximum atomic E-state index is 7.15. The number of hydrogen-bond donors (Lipinski definition) is 0. The molecule has 0 N–H and O–H groups in total. The van der Waals surface area contributed by atoms with Gasteiger partial charge in [-0.2, -0.15) is 0 Å². The molecule has 0 aliphatic carbocycles. The van der Waals surface area contributed by atoms with Gasteiger partial charge in [-0.05, 0) is 84.3 Å². The molecule has 0 saturated carbocycles. The van der Waals surface area contributed by atoms with E-state index in [9.17, 15) is 0 Å². The Morgan fingerprint density at radius 2 is 0.468 bits per heavy atom. The smallest absolute Gasteiger partial charge is 0.0784 e. The fourth-order valence-corrected chi connectivity index (χ4v) is 19.2. The van der Waals surface area contributed by atoms with Crippen LogP contribution in [0.3, 0.4) is 0 Å². The van der Waals surface area contributed by atoms with Gasteiger partial charge in [0.1, 0.15) is 0 Å². The SMILES string of the molecule is Cc1cc(Cl)c2c3c(Cl)cc(C)c4c([Si](C)(C)C)cc(Cl)c(c5c(Cl)cc([Si](C)(C)C)c1c25)c43.Clc1cc(Br)c2c(Br)cc(Cl)c3c4c(Cl)cc(Br)c5c(Br)cc(Cl)c(c1c23)c54. The Morgan fingerprint density at radius 3 is 0.694 bits per heavy atom. The first-order valence-electron chi connectivity index (χ1n) is 19.4. The van der Waals surface area contributed by atoms with Crippen LogP contribution in [0.5, 0.6) is 0 Å². The molecule has 0 amide bonds. The zero-order valence-corrected chi connectivity index (χ0v) is 48.5. The summed E-state index contributed by atoms with van der Waals surface area (Å²) in [5.41, 5.74) is 2.33. The van der Waals surface area contributed by atoms with Crippen LogP contribution in [0.2, 0.25) is 79.5 Å². The standard InChI is InChI=1S/C28H28Cl4Si2.C20H4Br4Cl4/c1-13-9-15(29)23-24-16(30)10-14(2)22-20(34(6,7)8)12-18(32)26(28(22)24)25-17(31)11-19(33(3,4)5)21(13)27(23)25;21-5-1-9(25)15-16-10(26)3-7(23)14-8(24)4-12(28)18(20(14)16)17-11(27)2-6(22)13(5)19(15)17/h9-12H,1-8H3;1-4H. The summed E-state index contributed by atoms with van der Waals surface area (Å²) in [5.74, 6) is 0. The van der Waals surface area contributed by atoms with Crippen molar-refractivity contribution in [3.63, 3.8) is 0 Å². The Kier molecular flexibility index (Phi) is 12.1. The molecular weight excluding hydrogens is 1240 g/mol. The van der Waals surface area contributed by atoms with Gasteiger partial charge in [0.05, 0.1) is 36.2 Å². The molecule has 0 heterocycles. The first kappa shape index (κ1) is 46.6. The molecule has 0 aliphatic heterocycles. The van der Waals surface area contributed by atoms with E-state index in [0.29, 0.717) is 30.1 Å². The van der Waals surface area contributed by atoms with Crippen molar-refractivity contribution >= 4 is 269 Å². The van der Waals surface area contributed by atoms with Gasteiger partial charge in [-0.15, -0.1) is 0 Å². The second kappa shape index (κ2) is 16.0. The van der Waals surface area contributed by atoms with Crippen LogP contribution >= 0.6 is 157 Å². The highest BCUT2D eigenvalue weighted by Crippen LogP contribution is 2.55. The van der Waals surface area contributed by atoms with Crippen molar-refractivity contribution in [2.45, 2.75) is 53.1 Å². The summed E-state index contributed by atoms with van der Waals surface area (Å²) in [4.78, 5) is 0. The van der Waals surface area contributed by atoms with E-state index in [-0.39, 0.29) is 0 Å². The van der Waals surface area contributed by atoms with Gasteiger partial charge in [-0.25, -0.2) is 0 Å². The average Bonchev–Trinajstić information content (AvgIpc) is 3.14. The van der Waals surface area contributed by atoms with Crippen molar-refractivity contribution in [1.82, 2.24) is 0 Å². The Labute approximate surface area is 434 Å². The zero-order valence-electron chi connectivity index (χ0n) is 34.2. The van der Waals surface area contributed by atoms with Crippen molar-refractivity contribution in [2.75, 3.05) is 0 Å². The number of fused-ring (bicyclic) bond motifs is 4. The van der Waals surface area contributed by atoms with E-state index in [1.807, 2.05) is 24.3 Å². The van der Waals surface area contributed by atoms with E-state index in [2.05, 4.69) is 141 Å². The highest BCUT2D eigenvalue weighted by molar-refractivity contribution is 9.11. The Hall–Kier alpha value is -0.526. The molecule has 0 unspecified atom stereocenters. The van der Waals surface area contributed by atoms with Crippen molar-refractivity contribution in [3.05, 3.63) is 118 Å². The first-order chi connectivity index (χ1) is 28.9. The molecule has 0 fully saturated rings. The molecule has 0 bridgehead atoms. The summed E-state index contributed by atoms with van der Waals surface area (Å²) in [6.45, 7) is 18.4. The molecule has 62 heavy (non-hydrogen) atoms. The number of hydrogen-bond acceptors (Lipinski definition) is 0. The largest absolute Gasteiger partial charge is 0.0836 e. The lowest BCUT2D eigenvalue weighted by Gasteiger charge is -2.28. The summed E-state index contributed by atoms with van der Waals surface area (Å²) < 4.78 is 3.45. The van der Waals surface area contributed by atoms with E-state index >= 15 is 0 Å². The third kappa shape index (κ3) is 6.92. The fraction of sp³-hybridized carbons (Fsp3) is 0.167. The molecule has 10 aromatic rings. The van der Waals surface area contributed by atoms with Gasteiger partial charge in [0.25, 0.3) is 0 Å². The zero-order chi connectivity index (χ0) is 45.1. The molecule has 0 spiro atoms. The van der Waals surface area contributed by atoms with E-state index in [1.54, 1.807) is 0 Å². The molecule has 10 aromatic carbocycles. The summed E-state index contributed by atoms with van der Waals surface area (Å²) in [6.07, 6.45) is 0. The van der Waals surface area contributed by atoms with Gasteiger partial charge >= 0.3 is 0 Å². The number of aryl methyl sites for hydroxylation is 2. The van der Waals surface area contributed by atoms with Crippen molar-refractivity contribution in [1.29, 1.82) is 0 Å². The normalized spacial score (nSPS) is 12.8. The summed E-state index contributed by atoms with van der Waals surface area (Å²) in [7, 11) is -3.45. The quantitative estimate of drug-likeness (QED) is 0.0919. The fourth-order valence-electron chi connectivity index (χ4n) is 9.62. The van der Waals surface area contributed by atoms with Crippen LogP contribution in [-0.2, 0) is 0 Å². The minimum Gasteiger partial charge on any atom is -0.0836 e. The lowest BCUT2D eigenvalue weighted by atomic mass is 9.87. The minimum absolute atomic E-state index is 0.585. The van der Waals surface area contributed by atoms with Gasteiger partial charge in [-0.3, -0.25) is 0 Å². The summed E-state index contributed by atoms with van der Waals surface area (Å²) >= 11 is 70.0. The third-order valence-corrected chi connectivity index (χ3v) is 21.0. The average molecular weight is 1270 g/mol. The number of halogens is 12. The van der Waals surface area contributed by atoms with E-state index in [0.717, 1.165) is 114 Å². The molecule has 0 aromatic heterocycles. The van der Waals surface area contributed by atoms with Crippen LogP contribution in [0.4, 0.5) is 0 Å². The van der Waals surface area contributed by atoms with Crippen LogP contribution in [0.1, 0.15) is 11.1 Å². The molecule has 0 radical (unpaired) electrons. The highest BCUT2D eigenvalue weighted by Gasteiger charge is 2.31. The van der Waals surface area contributed by atoms with Crippen molar-refractivity contribution in [2.24, 2.45) is 0 Å². The van der Waals surface area contributed by atoms with Gasteiger partial charge in [0.2, 0.25) is 0 Å². The molecule has 0 atom stereocenters. The number of rotatable bonds is 2. The maximum Gasteiger partial charge on any atom is 0.0784 e. The molecule has 0 nitrogen and oxygen atoms in total.